The van der Waals surface area contributed by atoms with E-state index in [1.807, 2.05) is 0 Å². The van der Waals surface area contributed by atoms with E-state index < -0.39 is 0 Å². The number of aliphatic imine (C=N–C) groups is 1. The molecule has 1 saturated carbocycles. The van der Waals surface area contributed by atoms with Crippen molar-refractivity contribution in [3.63, 3.8) is 0 Å². The number of halogens is 2. The van der Waals surface area contributed by atoms with E-state index in [2.05, 4.69) is 4.99 Å². The van der Waals surface area contributed by atoms with Crippen LogP contribution >= 0.6 is 11.6 Å². The fourth-order valence-corrected chi connectivity index (χ4v) is 1.87. The van der Waals surface area contributed by atoms with Crippen LogP contribution in [-0.4, -0.2) is 12.1 Å². The minimum Gasteiger partial charge on any atom is -0.211 e. The molecule has 0 aromatic heterocycles. The van der Waals surface area contributed by atoms with Crippen LogP contribution in [0.1, 0.15) is 17.9 Å². The summed E-state index contributed by atoms with van der Waals surface area (Å²) >= 11 is 5.85. The van der Waals surface area contributed by atoms with Gasteiger partial charge in [0.2, 0.25) is 6.08 Å². The van der Waals surface area contributed by atoms with Crippen molar-refractivity contribution in [3.05, 3.63) is 34.6 Å². The first-order valence-electron chi connectivity index (χ1n) is 4.25. The third kappa shape index (κ3) is 1.57. The fraction of sp³-hybridized carbons (Fsp3) is 0.300. The van der Waals surface area contributed by atoms with Crippen LogP contribution in [0.15, 0.2) is 23.2 Å². The number of hydrogen-bond acceptors (Lipinski definition) is 2. The van der Waals surface area contributed by atoms with Crippen molar-refractivity contribution in [3.8, 4) is 0 Å². The molecule has 2 nitrogen and oxygen atoms in total. The van der Waals surface area contributed by atoms with Crippen LogP contribution < -0.4 is 0 Å². The van der Waals surface area contributed by atoms with Crippen molar-refractivity contribution in [2.75, 3.05) is 0 Å². The smallest absolute Gasteiger partial charge is 0.211 e. The van der Waals surface area contributed by atoms with E-state index in [4.69, 9.17) is 11.6 Å². The monoisotopic (exact) mass is 211 g/mol. The highest BCUT2D eigenvalue weighted by Crippen LogP contribution is 2.46. The highest BCUT2D eigenvalue weighted by molar-refractivity contribution is 6.31. The van der Waals surface area contributed by atoms with E-state index in [0.717, 1.165) is 0 Å². The van der Waals surface area contributed by atoms with Crippen molar-refractivity contribution in [2.24, 2.45) is 4.99 Å². The summed E-state index contributed by atoms with van der Waals surface area (Å²) in [6, 6.07) is 4.42. The lowest BCUT2D eigenvalue weighted by Gasteiger charge is -2.02. The highest BCUT2D eigenvalue weighted by atomic mass is 35.5. The molecule has 0 saturated heterocycles. The molecule has 14 heavy (non-hydrogen) atoms. The molecule has 2 atom stereocenters. The molecule has 1 aliphatic rings. The molecule has 1 aliphatic carbocycles. The van der Waals surface area contributed by atoms with E-state index in [1.54, 1.807) is 12.1 Å². The van der Waals surface area contributed by atoms with Crippen molar-refractivity contribution < 1.29 is 9.18 Å². The first-order valence-corrected chi connectivity index (χ1v) is 4.62. The minimum absolute atomic E-state index is 0.0508. The lowest BCUT2D eigenvalue weighted by atomic mass is 10.1. The summed E-state index contributed by atoms with van der Waals surface area (Å²) < 4.78 is 13.3. The largest absolute Gasteiger partial charge is 0.235 e. The number of isocyanates is 1. The summed E-state index contributed by atoms with van der Waals surface area (Å²) in [6.07, 6.45) is 2.15. The average Bonchev–Trinajstić information content (AvgIpc) is 2.85. The van der Waals surface area contributed by atoms with Crippen LogP contribution in [0.25, 0.3) is 0 Å². The maximum atomic E-state index is 13.3. The standard InChI is InChI=1S/C10H7ClFNO/c11-7-2-1-3-8(12)10(7)6-4-9(6)13-5-14/h1-3,6,9H,4H2/t6-,9+/m0/s1. The van der Waals surface area contributed by atoms with E-state index in [0.29, 0.717) is 17.0 Å². The molecule has 1 aromatic rings. The van der Waals surface area contributed by atoms with Crippen molar-refractivity contribution >= 4 is 17.7 Å². The molecule has 0 unspecified atom stereocenters. The molecule has 0 aliphatic heterocycles. The summed E-state index contributed by atoms with van der Waals surface area (Å²) in [5, 5.41) is 0.401. The molecule has 0 spiro atoms. The van der Waals surface area contributed by atoms with E-state index in [9.17, 15) is 9.18 Å². The molecular formula is C10H7ClFNO. The van der Waals surface area contributed by atoms with Crippen LogP contribution in [-0.2, 0) is 4.79 Å². The van der Waals surface area contributed by atoms with Gasteiger partial charge in [-0.1, -0.05) is 17.7 Å². The normalized spacial score (nSPS) is 24.1. The first-order chi connectivity index (χ1) is 6.74. The lowest BCUT2D eigenvalue weighted by molar-refractivity contribution is 0.562. The van der Waals surface area contributed by atoms with Crippen molar-refractivity contribution in [1.29, 1.82) is 0 Å². The zero-order valence-corrected chi connectivity index (χ0v) is 7.96. The van der Waals surface area contributed by atoms with E-state index in [1.165, 1.54) is 12.1 Å². The molecule has 0 amide bonds. The summed E-state index contributed by atoms with van der Waals surface area (Å²) in [6.45, 7) is 0. The van der Waals surface area contributed by atoms with Crippen molar-refractivity contribution in [1.82, 2.24) is 0 Å². The number of benzene rings is 1. The van der Waals surface area contributed by atoms with Crippen molar-refractivity contribution in [2.45, 2.75) is 18.4 Å². The number of nitrogens with zero attached hydrogens (tertiary/aromatic N) is 1. The Morgan fingerprint density at radius 3 is 3.00 bits per heavy atom. The average molecular weight is 212 g/mol. The van der Waals surface area contributed by atoms with Gasteiger partial charge in [-0.25, -0.2) is 14.2 Å². The van der Waals surface area contributed by atoms with Gasteiger partial charge in [0.1, 0.15) is 5.82 Å². The summed E-state index contributed by atoms with van der Waals surface area (Å²) in [4.78, 5) is 13.5. The van der Waals surface area contributed by atoms with Gasteiger partial charge in [-0.05, 0) is 18.6 Å². The summed E-state index contributed by atoms with van der Waals surface area (Å²) in [7, 11) is 0. The predicted octanol–water partition coefficient (Wildman–Crippen LogP) is 2.67. The summed E-state index contributed by atoms with van der Waals surface area (Å²) in [5.74, 6) is -0.378. The van der Waals surface area contributed by atoms with Gasteiger partial charge in [-0.2, -0.15) is 0 Å². The first kappa shape index (κ1) is 9.38. The molecule has 1 fully saturated rings. The molecule has 72 valence electrons. The second-order valence-electron chi connectivity index (χ2n) is 3.27. The molecule has 0 radical (unpaired) electrons. The van der Waals surface area contributed by atoms with Crippen LogP contribution in [0.4, 0.5) is 4.39 Å². The predicted molar refractivity (Wildman–Crippen MR) is 50.7 cm³/mol. The third-order valence-electron chi connectivity index (χ3n) is 2.35. The second kappa shape index (κ2) is 3.52. The minimum atomic E-state index is -0.328. The van der Waals surface area contributed by atoms with Gasteiger partial charge in [0, 0.05) is 16.5 Å². The lowest BCUT2D eigenvalue weighted by Crippen LogP contribution is -1.91. The Kier molecular flexibility index (Phi) is 2.36. The fourth-order valence-electron chi connectivity index (χ4n) is 1.57. The maximum Gasteiger partial charge on any atom is 0.235 e. The van der Waals surface area contributed by atoms with Crippen LogP contribution in [0.3, 0.4) is 0 Å². The third-order valence-corrected chi connectivity index (χ3v) is 2.68. The molecule has 1 aromatic carbocycles. The van der Waals surface area contributed by atoms with Gasteiger partial charge >= 0.3 is 0 Å². The maximum absolute atomic E-state index is 13.3. The Morgan fingerprint density at radius 1 is 1.57 bits per heavy atom. The molecule has 0 heterocycles. The number of hydrogen-bond donors (Lipinski definition) is 0. The zero-order chi connectivity index (χ0) is 10.1. The van der Waals surface area contributed by atoms with Gasteiger partial charge < -0.3 is 0 Å². The quantitative estimate of drug-likeness (QED) is 0.546. The molecule has 4 heteroatoms. The molecule has 0 N–H and O–H groups in total. The Hall–Kier alpha value is -1.18. The van der Waals surface area contributed by atoms with Gasteiger partial charge in [-0.15, -0.1) is 0 Å². The van der Waals surface area contributed by atoms with E-state index >= 15 is 0 Å². The van der Waals surface area contributed by atoms with Crippen LogP contribution in [0.5, 0.6) is 0 Å². The van der Waals surface area contributed by atoms with Crippen LogP contribution in [0, 0.1) is 5.82 Å². The zero-order valence-electron chi connectivity index (χ0n) is 7.21. The highest BCUT2D eigenvalue weighted by Gasteiger charge is 2.41. The molecule has 0 bridgehead atoms. The Balaban J connectivity index is 2.30. The van der Waals surface area contributed by atoms with Crippen LogP contribution in [0.2, 0.25) is 5.02 Å². The number of rotatable bonds is 2. The van der Waals surface area contributed by atoms with Gasteiger partial charge in [0.25, 0.3) is 0 Å². The van der Waals surface area contributed by atoms with E-state index in [-0.39, 0.29) is 17.8 Å². The molecule has 2 rings (SSSR count). The van der Waals surface area contributed by atoms with Gasteiger partial charge in [0.05, 0.1) is 6.04 Å². The summed E-state index contributed by atoms with van der Waals surface area (Å²) in [5.41, 5.74) is 0.471. The van der Waals surface area contributed by atoms with Gasteiger partial charge in [-0.3, -0.25) is 0 Å². The Morgan fingerprint density at radius 2 is 2.36 bits per heavy atom. The Bertz CT molecular complexity index is 394. The second-order valence-corrected chi connectivity index (χ2v) is 3.67. The Labute approximate surface area is 85.4 Å². The van der Waals surface area contributed by atoms with Gasteiger partial charge in [0.15, 0.2) is 0 Å². The molecular weight excluding hydrogens is 205 g/mol. The topological polar surface area (TPSA) is 29.4 Å². The number of carbonyl (C=O) groups excluding carboxylic acids is 1. The SMILES string of the molecule is O=C=N[C@@H]1C[C@@H]1c1c(F)cccc1Cl.